The van der Waals surface area contributed by atoms with Crippen LogP contribution in [0.25, 0.3) is 0 Å². The third kappa shape index (κ3) is 2.21. The lowest BCUT2D eigenvalue weighted by atomic mass is 10.2. The van der Waals surface area contributed by atoms with E-state index in [1.54, 1.807) is 12.1 Å². The van der Waals surface area contributed by atoms with E-state index in [9.17, 15) is 5.11 Å². The van der Waals surface area contributed by atoms with E-state index in [4.69, 9.17) is 11.6 Å². The Kier molecular flexibility index (Phi) is 2.97. The van der Waals surface area contributed by atoms with Crippen molar-refractivity contribution < 1.29 is 5.11 Å². The van der Waals surface area contributed by atoms with Gasteiger partial charge in [-0.15, -0.1) is 0 Å². The first-order chi connectivity index (χ1) is 8.72. The van der Waals surface area contributed by atoms with Gasteiger partial charge < -0.3 is 9.67 Å². The molecule has 3 rings (SSSR count). The summed E-state index contributed by atoms with van der Waals surface area (Å²) in [5.41, 5.74) is 0.863. The van der Waals surface area contributed by atoms with Crippen molar-refractivity contribution in [2.75, 3.05) is 6.54 Å². The quantitative estimate of drug-likeness (QED) is 0.904. The number of halogens is 1. The third-order valence-corrected chi connectivity index (χ3v) is 3.49. The standard InChI is InChI=1S/C13H14ClN3O/c14-11-1-2-12(18)10(7-11)8-16-5-6-17-4-3-15-13(17)9-16/h1-4,7,18H,5-6,8-9H2. The molecule has 94 valence electrons. The number of fused-ring (bicyclic) bond motifs is 1. The number of imidazole rings is 1. The molecule has 1 aromatic heterocycles. The van der Waals surface area contributed by atoms with Crippen LogP contribution in [0.2, 0.25) is 5.02 Å². The molecule has 0 spiro atoms. The summed E-state index contributed by atoms with van der Waals surface area (Å²) >= 11 is 5.95. The molecule has 1 aliphatic rings. The van der Waals surface area contributed by atoms with Gasteiger partial charge in [0.05, 0.1) is 6.54 Å². The van der Waals surface area contributed by atoms with Crippen LogP contribution in [0.3, 0.4) is 0 Å². The van der Waals surface area contributed by atoms with Gasteiger partial charge in [0, 0.05) is 42.6 Å². The highest BCUT2D eigenvalue weighted by Gasteiger charge is 2.17. The predicted octanol–water partition coefficient (Wildman–Crippen LogP) is 2.26. The Morgan fingerprint density at radius 1 is 1.33 bits per heavy atom. The number of nitrogens with zero attached hydrogens (tertiary/aromatic N) is 3. The first kappa shape index (κ1) is 11.6. The molecule has 2 heterocycles. The fraction of sp³-hybridized carbons (Fsp3) is 0.308. The van der Waals surface area contributed by atoms with Gasteiger partial charge in [0.1, 0.15) is 11.6 Å². The zero-order valence-electron chi connectivity index (χ0n) is 9.88. The van der Waals surface area contributed by atoms with E-state index in [2.05, 4.69) is 14.5 Å². The fourth-order valence-corrected chi connectivity index (χ4v) is 2.47. The van der Waals surface area contributed by atoms with Gasteiger partial charge in [-0.2, -0.15) is 0 Å². The van der Waals surface area contributed by atoms with Gasteiger partial charge >= 0.3 is 0 Å². The lowest BCUT2D eigenvalue weighted by molar-refractivity contribution is 0.206. The Bertz CT molecular complexity index is 567. The van der Waals surface area contributed by atoms with Gasteiger partial charge in [-0.1, -0.05) is 11.6 Å². The van der Waals surface area contributed by atoms with E-state index in [-0.39, 0.29) is 0 Å². The topological polar surface area (TPSA) is 41.3 Å². The minimum atomic E-state index is 0.299. The number of rotatable bonds is 2. The molecule has 2 aromatic rings. The monoisotopic (exact) mass is 263 g/mol. The molecule has 0 amide bonds. The highest BCUT2D eigenvalue weighted by Crippen LogP contribution is 2.24. The van der Waals surface area contributed by atoms with Crippen molar-refractivity contribution in [3.8, 4) is 5.75 Å². The van der Waals surface area contributed by atoms with E-state index in [1.165, 1.54) is 0 Å². The van der Waals surface area contributed by atoms with Crippen LogP contribution in [-0.2, 0) is 19.6 Å². The molecule has 0 fully saturated rings. The molecule has 1 N–H and O–H groups in total. The number of aromatic nitrogens is 2. The van der Waals surface area contributed by atoms with E-state index in [1.807, 2.05) is 18.5 Å². The Morgan fingerprint density at radius 2 is 2.22 bits per heavy atom. The third-order valence-electron chi connectivity index (χ3n) is 3.26. The minimum absolute atomic E-state index is 0.299. The number of phenols is 1. The van der Waals surface area contributed by atoms with Crippen LogP contribution in [0.5, 0.6) is 5.75 Å². The van der Waals surface area contributed by atoms with Crippen molar-refractivity contribution in [1.29, 1.82) is 0 Å². The van der Waals surface area contributed by atoms with Gasteiger partial charge in [-0.25, -0.2) is 4.98 Å². The maximum Gasteiger partial charge on any atom is 0.122 e. The summed E-state index contributed by atoms with van der Waals surface area (Å²) in [4.78, 5) is 6.58. The molecule has 1 aromatic carbocycles. The second-order valence-electron chi connectivity index (χ2n) is 4.52. The molecule has 0 radical (unpaired) electrons. The fourth-order valence-electron chi connectivity index (χ4n) is 2.28. The second kappa shape index (κ2) is 4.63. The summed E-state index contributed by atoms with van der Waals surface area (Å²) in [5, 5.41) is 10.5. The Balaban J connectivity index is 1.76. The largest absolute Gasteiger partial charge is 0.508 e. The molecule has 0 atom stereocenters. The molecule has 1 aliphatic heterocycles. The van der Waals surface area contributed by atoms with Gasteiger partial charge in [0.2, 0.25) is 0 Å². The second-order valence-corrected chi connectivity index (χ2v) is 4.96. The molecular formula is C13H14ClN3O. The summed E-state index contributed by atoms with van der Waals surface area (Å²) in [6.45, 7) is 3.39. The number of hydrogen-bond donors (Lipinski definition) is 1. The SMILES string of the molecule is Oc1ccc(Cl)cc1CN1CCn2ccnc2C1. The average molecular weight is 264 g/mol. The number of hydrogen-bond acceptors (Lipinski definition) is 3. The van der Waals surface area contributed by atoms with E-state index in [0.717, 1.165) is 31.0 Å². The Morgan fingerprint density at radius 3 is 3.11 bits per heavy atom. The van der Waals surface area contributed by atoms with Crippen molar-refractivity contribution in [1.82, 2.24) is 14.5 Å². The molecule has 5 heteroatoms. The number of benzene rings is 1. The van der Waals surface area contributed by atoms with Crippen molar-refractivity contribution in [3.05, 3.63) is 47.0 Å². The molecule has 0 unspecified atom stereocenters. The van der Waals surface area contributed by atoms with Gasteiger partial charge in [-0.05, 0) is 18.2 Å². The maximum atomic E-state index is 9.81. The molecular weight excluding hydrogens is 250 g/mol. The first-order valence-electron chi connectivity index (χ1n) is 5.92. The van der Waals surface area contributed by atoms with E-state index in [0.29, 0.717) is 17.3 Å². The highest BCUT2D eigenvalue weighted by molar-refractivity contribution is 6.30. The highest BCUT2D eigenvalue weighted by atomic mass is 35.5. The molecule has 4 nitrogen and oxygen atoms in total. The lowest BCUT2D eigenvalue weighted by Crippen LogP contribution is -2.33. The van der Waals surface area contributed by atoms with Crippen molar-refractivity contribution in [2.24, 2.45) is 0 Å². The van der Waals surface area contributed by atoms with Crippen LogP contribution >= 0.6 is 11.6 Å². The smallest absolute Gasteiger partial charge is 0.122 e. The normalized spacial score (nSPS) is 15.6. The van der Waals surface area contributed by atoms with Gasteiger partial charge in [0.25, 0.3) is 0 Å². The van der Waals surface area contributed by atoms with Crippen molar-refractivity contribution in [3.63, 3.8) is 0 Å². The Hall–Kier alpha value is -1.52. The van der Waals surface area contributed by atoms with Gasteiger partial charge in [-0.3, -0.25) is 4.90 Å². The predicted molar refractivity (Wildman–Crippen MR) is 69.5 cm³/mol. The number of phenolic OH excluding ortho intramolecular Hbond substituents is 1. The number of aromatic hydroxyl groups is 1. The zero-order valence-corrected chi connectivity index (χ0v) is 10.6. The Labute approximate surface area is 110 Å². The summed E-state index contributed by atoms with van der Waals surface area (Å²) in [6, 6.07) is 5.16. The van der Waals surface area contributed by atoms with Crippen molar-refractivity contribution in [2.45, 2.75) is 19.6 Å². The van der Waals surface area contributed by atoms with Crippen LogP contribution in [0.15, 0.2) is 30.6 Å². The molecule has 0 saturated carbocycles. The van der Waals surface area contributed by atoms with Crippen molar-refractivity contribution >= 4 is 11.6 Å². The van der Waals surface area contributed by atoms with Crippen LogP contribution < -0.4 is 0 Å². The van der Waals surface area contributed by atoms with E-state index >= 15 is 0 Å². The maximum absolute atomic E-state index is 9.81. The van der Waals surface area contributed by atoms with Crippen LogP contribution in [0.4, 0.5) is 0 Å². The van der Waals surface area contributed by atoms with Crippen LogP contribution in [0.1, 0.15) is 11.4 Å². The van der Waals surface area contributed by atoms with E-state index < -0.39 is 0 Å². The average Bonchev–Trinajstić information content (AvgIpc) is 2.81. The molecule has 0 aliphatic carbocycles. The first-order valence-corrected chi connectivity index (χ1v) is 6.30. The molecule has 18 heavy (non-hydrogen) atoms. The summed E-state index contributed by atoms with van der Waals surface area (Å²) in [5.74, 6) is 1.37. The summed E-state index contributed by atoms with van der Waals surface area (Å²) in [7, 11) is 0. The van der Waals surface area contributed by atoms with Crippen LogP contribution in [0, 0.1) is 0 Å². The molecule has 0 bridgehead atoms. The lowest BCUT2D eigenvalue weighted by Gasteiger charge is -2.27. The van der Waals surface area contributed by atoms with Gasteiger partial charge in [0.15, 0.2) is 0 Å². The summed E-state index contributed by atoms with van der Waals surface area (Å²) < 4.78 is 2.16. The molecule has 0 saturated heterocycles. The zero-order chi connectivity index (χ0) is 12.5. The minimum Gasteiger partial charge on any atom is -0.508 e. The van der Waals surface area contributed by atoms with Crippen LogP contribution in [-0.4, -0.2) is 26.1 Å². The summed E-state index contributed by atoms with van der Waals surface area (Å²) in [6.07, 6.45) is 3.83.